The summed E-state index contributed by atoms with van der Waals surface area (Å²) in [5, 5.41) is 12.4. The number of hydrogen-bond donors (Lipinski definition) is 1. The van der Waals surface area contributed by atoms with Gasteiger partial charge in [0.15, 0.2) is 0 Å². The number of non-ortho nitro benzene ring substituents is 1. The molecule has 1 saturated heterocycles. The Kier molecular flexibility index (Phi) is 4.80. The van der Waals surface area contributed by atoms with E-state index in [1.165, 1.54) is 12.1 Å². The molecule has 2 amide bonds. The maximum atomic E-state index is 11.5. The Hall–Kier alpha value is -3.13. The molecule has 0 bridgehead atoms. The predicted molar refractivity (Wildman–Crippen MR) is 93.0 cm³/mol. The van der Waals surface area contributed by atoms with E-state index in [4.69, 9.17) is 4.74 Å². The molecule has 8 heteroatoms. The van der Waals surface area contributed by atoms with Crippen molar-refractivity contribution in [1.82, 2.24) is 5.32 Å². The van der Waals surface area contributed by atoms with E-state index in [1.54, 1.807) is 42.5 Å². The van der Waals surface area contributed by atoms with E-state index in [2.05, 4.69) is 5.32 Å². The second-order valence-electron chi connectivity index (χ2n) is 5.13. The second kappa shape index (κ2) is 7.18. The second-order valence-corrected chi connectivity index (χ2v) is 6.15. The number of benzene rings is 2. The van der Waals surface area contributed by atoms with Gasteiger partial charge in [-0.1, -0.05) is 12.1 Å². The van der Waals surface area contributed by atoms with E-state index in [0.29, 0.717) is 10.7 Å². The van der Waals surface area contributed by atoms with Crippen molar-refractivity contribution in [3.05, 3.63) is 74.7 Å². The highest BCUT2D eigenvalue weighted by Gasteiger charge is 2.24. The summed E-state index contributed by atoms with van der Waals surface area (Å²) < 4.78 is 5.63. The van der Waals surface area contributed by atoms with Crippen LogP contribution in [0.3, 0.4) is 0 Å². The molecule has 1 aliphatic rings. The summed E-state index contributed by atoms with van der Waals surface area (Å²) in [7, 11) is 0. The van der Waals surface area contributed by atoms with Crippen LogP contribution in [0.25, 0.3) is 6.08 Å². The third-order valence-corrected chi connectivity index (χ3v) is 4.18. The van der Waals surface area contributed by atoms with E-state index in [0.717, 1.165) is 22.9 Å². The zero-order valence-electron chi connectivity index (χ0n) is 12.8. The highest BCUT2D eigenvalue weighted by atomic mass is 32.2. The molecule has 1 aliphatic heterocycles. The lowest BCUT2D eigenvalue weighted by molar-refractivity contribution is -0.384. The molecule has 2 aromatic rings. The van der Waals surface area contributed by atoms with Crippen molar-refractivity contribution in [2.24, 2.45) is 0 Å². The number of carbonyl (C=O) groups excluding carboxylic acids is 2. The molecule has 0 radical (unpaired) electrons. The summed E-state index contributed by atoms with van der Waals surface area (Å²) in [6, 6.07) is 13.2. The minimum Gasteiger partial charge on any atom is -0.489 e. The average molecular weight is 356 g/mol. The monoisotopic (exact) mass is 356 g/mol. The zero-order valence-corrected chi connectivity index (χ0v) is 13.6. The fourth-order valence-electron chi connectivity index (χ4n) is 2.11. The molecule has 1 heterocycles. The standard InChI is InChI=1S/C17H12N2O5S/c20-16-15(25-17(21)18-16)9-11-3-7-14(8-4-11)24-10-12-1-5-13(6-2-12)19(22)23/h1-9H,10H2,(H,18,20,21)/b15-9-. The van der Waals surface area contributed by atoms with Crippen molar-refractivity contribution < 1.29 is 19.2 Å². The van der Waals surface area contributed by atoms with Gasteiger partial charge in [0.25, 0.3) is 16.8 Å². The first kappa shape index (κ1) is 16.7. The summed E-state index contributed by atoms with van der Waals surface area (Å²) >= 11 is 0.866. The van der Waals surface area contributed by atoms with E-state index >= 15 is 0 Å². The number of nitro benzene ring substituents is 1. The summed E-state index contributed by atoms with van der Waals surface area (Å²) in [5.41, 5.74) is 1.62. The molecule has 1 fully saturated rings. The van der Waals surface area contributed by atoms with Gasteiger partial charge in [-0.15, -0.1) is 0 Å². The van der Waals surface area contributed by atoms with E-state index < -0.39 is 10.8 Å². The Morgan fingerprint density at radius 3 is 2.32 bits per heavy atom. The lowest BCUT2D eigenvalue weighted by Gasteiger charge is -2.06. The first-order valence-electron chi connectivity index (χ1n) is 7.22. The summed E-state index contributed by atoms with van der Waals surface area (Å²) in [4.78, 5) is 33.1. The van der Waals surface area contributed by atoms with Crippen LogP contribution in [0.4, 0.5) is 10.5 Å². The van der Waals surface area contributed by atoms with Gasteiger partial charge in [-0.25, -0.2) is 0 Å². The van der Waals surface area contributed by atoms with Crippen LogP contribution in [0.5, 0.6) is 5.75 Å². The molecule has 0 atom stereocenters. The molecule has 0 aliphatic carbocycles. The fourth-order valence-corrected chi connectivity index (χ4v) is 2.80. The quantitative estimate of drug-likeness (QED) is 0.500. The summed E-state index contributed by atoms with van der Waals surface area (Å²) in [5.74, 6) is 0.230. The highest BCUT2D eigenvalue weighted by molar-refractivity contribution is 8.18. The molecule has 3 rings (SSSR count). The van der Waals surface area contributed by atoms with E-state index in [9.17, 15) is 19.7 Å². The van der Waals surface area contributed by atoms with Gasteiger partial charge in [0.2, 0.25) is 0 Å². The van der Waals surface area contributed by atoms with E-state index in [-0.39, 0.29) is 17.5 Å². The number of imide groups is 1. The highest BCUT2D eigenvalue weighted by Crippen LogP contribution is 2.26. The first-order chi connectivity index (χ1) is 12.0. The lowest BCUT2D eigenvalue weighted by Crippen LogP contribution is -2.17. The maximum absolute atomic E-state index is 11.5. The first-order valence-corrected chi connectivity index (χ1v) is 8.04. The van der Waals surface area contributed by atoms with Crippen LogP contribution in [0.15, 0.2) is 53.4 Å². The van der Waals surface area contributed by atoms with Crippen molar-refractivity contribution in [2.75, 3.05) is 0 Å². The van der Waals surface area contributed by atoms with Crippen LogP contribution in [-0.4, -0.2) is 16.1 Å². The van der Waals surface area contributed by atoms with Crippen LogP contribution in [0.1, 0.15) is 11.1 Å². The van der Waals surface area contributed by atoms with Crippen LogP contribution >= 0.6 is 11.8 Å². The maximum Gasteiger partial charge on any atom is 0.290 e. The van der Waals surface area contributed by atoms with Crippen LogP contribution in [0, 0.1) is 10.1 Å². The zero-order chi connectivity index (χ0) is 17.8. The van der Waals surface area contributed by atoms with Crippen molar-refractivity contribution in [2.45, 2.75) is 6.61 Å². The summed E-state index contributed by atoms with van der Waals surface area (Å²) in [6.45, 7) is 0.283. The lowest BCUT2D eigenvalue weighted by atomic mass is 10.2. The minimum atomic E-state index is -0.450. The number of nitrogens with zero attached hydrogens (tertiary/aromatic N) is 1. The molecule has 2 aromatic carbocycles. The predicted octanol–water partition coefficient (Wildman–Crippen LogP) is 3.50. The number of thioether (sulfide) groups is 1. The van der Waals surface area contributed by atoms with Crippen molar-refractivity contribution in [3.63, 3.8) is 0 Å². The van der Waals surface area contributed by atoms with Crippen molar-refractivity contribution in [3.8, 4) is 5.75 Å². The van der Waals surface area contributed by atoms with Crippen molar-refractivity contribution in [1.29, 1.82) is 0 Å². The van der Waals surface area contributed by atoms with Gasteiger partial charge in [0.05, 0.1) is 9.83 Å². The Labute approximate surface area is 146 Å². The molecular formula is C17H12N2O5S. The minimum absolute atomic E-state index is 0.0356. The van der Waals surface area contributed by atoms with Gasteiger partial charge >= 0.3 is 0 Å². The molecule has 1 N–H and O–H groups in total. The van der Waals surface area contributed by atoms with Crippen LogP contribution in [-0.2, 0) is 11.4 Å². The van der Waals surface area contributed by atoms with Gasteiger partial charge in [-0.3, -0.25) is 25.0 Å². The molecule has 0 saturated carbocycles. The number of nitro groups is 1. The number of rotatable bonds is 5. The summed E-state index contributed by atoms with van der Waals surface area (Å²) in [6.07, 6.45) is 1.63. The molecular weight excluding hydrogens is 344 g/mol. The molecule has 0 aromatic heterocycles. The van der Waals surface area contributed by atoms with Gasteiger partial charge in [-0.05, 0) is 53.2 Å². The number of hydrogen-bond acceptors (Lipinski definition) is 6. The Morgan fingerprint density at radius 1 is 1.08 bits per heavy atom. The number of nitrogens with one attached hydrogen (secondary N) is 1. The number of ether oxygens (including phenoxy) is 1. The third-order valence-electron chi connectivity index (χ3n) is 3.37. The largest absolute Gasteiger partial charge is 0.489 e. The smallest absolute Gasteiger partial charge is 0.290 e. The number of amides is 2. The van der Waals surface area contributed by atoms with Crippen LogP contribution < -0.4 is 10.1 Å². The third kappa shape index (κ3) is 4.24. The SMILES string of the molecule is O=C1NC(=O)/C(=C/c2ccc(OCc3ccc([N+](=O)[O-])cc3)cc2)S1. The fraction of sp³-hybridized carbons (Fsp3) is 0.0588. The Morgan fingerprint density at radius 2 is 1.76 bits per heavy atom. The molecule has 0 unspecified atom stereocenters. The van der Waals surface area contributed by atoms with Crippen LogP contribution in [0.2, 0.25) is 0 Å². The normalized spacial score (nSPS) is 15.3. The number of carbonyl (C=O) groups is 2. The van der Waals surface area contributed by atoms with Gasteiger partial charge in [0.1, 0.15) is 12.4 Å². The van der Waals surface area contributed by atoms with Gasteiger partial charge in [0, 0.05) is 12.1 Å². The average Bonchev–Trinajstić information content (AvgIpc) is 2.92. The van der Waals surface area contributed by atoms with Gasteiger partial charge in [-0.2, -0.15) is 0 Å². The Balaban J connectivity index is 1.61. The molecule has 0 spiro atoms. The van der Waals surface area contributed by atoms with Gasteiger partial charge < -0.3 is 4.74 Å². The molecule has 126 valence electrons. The van der Waals surface area contributed by atoms with Crippen molar-refractivity contribution >= 4 is 34.7 Å². The molecule has 7 nitrogen and oxygen atoms in total. The van der Waals surface area contributed by atoms with E-state index in [1.807, 2.05) is 0 Å². The Bertz CT molecular complexity index is 860. The molecule has 25 heavy (non-hydrogen) atoms. The topological polar surface area (TPSA) is 98.5 Å².